The third-order valence-corrected chi connectivity index (χ3v) is 6.61. The van der Waals surface area contributed by atoms with Gasteiger partial charge in [0.25, 0.3) is 5.56 Å². The van der Waals surface area contributed by atoms with Crippen LogP contribution in [0.1, 0.15) is 22.0 Å². The molecule has 0 atom stereocenters. The Labute approximate surface area is 199 Å². The molecule has 1 saturated heterocycles. The maximum absolute atomic E-state index is 12.6. The van der Waals surface area contributed by atoms with Gasteiger partial charge in [0.2, 0.25) is 0 Å². The van der Waals surface area contributed by atoms with E-state index in [2.05, 4.69) is 14.9 Å². The molecule has 1 aliphatic rings. The van der Waals surface area contributed by atoms with Crippen LogP contribution < -0.4 is 5.56 Å². The van der Waals surface area contributed by atoms with E-state index in [1.807, 2.05) is 24.3 Å². The third-order valence-electron chi connectivity index (χ3n) is 5.61. The molecule has 3 heterocycles. The molecule has 0 spiro atoms. The fourth-order valence-corrected chi connectivity index (χ4v) is 4.78. The smallest absolute Gasteiger partial charge is 0.337 e. The predicted molar refractivity (Wildman–Crippen MR) is 129 cm³/mol. The molecule has 5 rings (SSSR count). The molecule has 9 nitrogen and oxygen atoms in total. The molecule has 0 unspecified atom stereocenters. The number of H-pyrrole nitrogens is 1. The number of nitrogens with zero attached hydrogens (tertiary/aromatic N) is 4. The van der Waals surface area contributed by atoms with Gasteiger partial charge in [0, 0.05) is 18.5 Å². The number of fused-ring (bicyclic) bond motifs is 2. The lowest BCUT2D eigenvalue weighted by Gasteiger charge is -2.25. The Morgan fingerprint density at radius 3 is 2.74 bits per heavy atom. The highest BCUT2D eigenvalue weighted by molar-refractivity contribution is 7.98. The highest BCUT2D eigenvalue weighted by atomic mass is 32.2. The summed E-state index contributed by atoms with van der Waals surface area (Å²) in [4.78, 5) is 43.7. The van der Waals surface area contributed by atoms with Gasteiger partial charge in [-0.05, 0) is 24.3 Å². The number of morpholine rings is 1. The number of ether oxygens (including phenoxy) is 2. The van der Waals surface area contributed by atoms with E-state index in [-0.39, 0.29) is 5.56 Å². The molecule has 174 valence electrons. The van der Waals surface area contributed by atoms with Crippen LogP contribution in [0.25, 0.3) is 21.8 Å². The van der Waals surface area contributed by atoms with E-state index in [1.165, 1.54) is 18.9 Å². The number of methoxy groups -OCH3 is 1. The van der Waals surface area contributed by atoms with Crippen LogP contribution in [-0.4, -0.2) is 64.2 Å². The van der Waals surface area contributed by atoms with Crippen LogP contribution >= 0.6 is 11.8 Å². The van der Waals surface area contributed by atoms with Gasteiger partial charge in [-0.1, -0.05) is 30.0 Å². The number of carbonyl (C=O) groups is 1. The number of para-hydroxylation sites is 1. The molecule has 1 aliphatic heterocycles. The minimum Gasteiger partial charge on any atom is -0.465 e. The van der Waals surface area contributed by atoms with Crippen molar-refractivity contribution in [2.24, 2.45) is 0 Å². The van der Waals surface area contributed by atoms with Crippen molar-refractivity contribution in [3.05, 3.63) is 70.0 Å². The standard InChI is InChI=1S/C24H23N5O4S/c1-32-24(31)15-6-7-16-19(12-15)26-21(27-22(16)30)14-34-23-17-4-2-3-5-18(17)25-20(28-23)13-29-8-10-33-11-9-29/h2-7,12H,8-11,13-14H2,1H3,(H,26,27,30). The van der Waals surface area contributed by atoms with E-state index < -0.39 is 5.97 Å². The van der Waals surface area contributed by atoms with E-state index in [0.717, 1.165) is 34.8 Å². The molecular weight excluding hydrogens is 454 g/mol. The van der Waals surface area contributed by atoms with Gasteiger partial charge < -0.3 is 14.5 Å². The third kappa shape index (κ3) is 4.79. The zero-order valence-corrected chi connectivity index (χ0v) is 19.4. The van der Waals surface area contributed by atoms with Crippen molar-refractivity contribution in [3.63, 3.8) is 0 Å². The first kappa shape index (κ1) is 22.5. The molecule has 0 amide bonds. The molecule has 1 N–H and O–H groups in total. The SMILES string of the molecule is COC(=O)c1ccc2c(=O)[nH]c(CSc3nc(CN4CCOCC4)nc4ccccc34)nc2c1. The van der Waals surface area contributed by atoms with Crippen LogP contribution in [0.15, 0.2) is 52.3 Å². The van der Waals surface area contributed by atoms with Crippen LogP contribution in [0.4, 0.5) is 0 Å². The monoisotopic (exact) mass is 477 g/mol. The molecule has 0 radical (unpaired) electrons. The summed E-state index contributed by atoms with van der Waals surface area (Å²) < 4.78 is 10.2. The number of thioether (sulfide) groups is 1. The Bertz CT molecular complexity index is 1420. The van der Waals surface area contributed by atoms with Gasteiger partial charge in [-0.25, -0.2) is 19.7 Å². The highest BCUT2D eigenvalue weighted by Gasteiger charge is 2.16. The number of rotatable bonds is 6. The summed E-state index contributed by atoms with van der Waals surface area (Å²) in [7, 11) is 1.32. The topological polar surface area (TPSA) is 110 Å². The van der Waals surface area contributed by atoms with Crippen molar-refractivity contribution in [2.45, 2.75) is 17.3 Å². The number of nitrogens with one attached hydrogen (secondary N) is 1. The van der Waals surface area contributed by atoms with Crippen molar-refractivity contribution < 1.29 is 14.3 Å². The zero-order chi connectivity index (χ0) is 23.5. The molecule has 10 heteroatoms. The lowest BCUT2D eigenvalue weighted by Crippen LogP contribution is -2.36. The molecule has 0 bridgehead atoms. The molecule has 34 heavy (non-hydrogen) atoms. The second kappa shape index (κ2) is 9.88. The number of benzene rings is 2. The average molecular weight is 478 g/mol. The minimum atomic E-state index is -0.472. The Kier molecular flexibility index (Phi) is 6.52. The van der Waals surface area contributed by atoms with Crippen molar-refractivity contribution in [1.82, 2.24) is 24.8 Å². The largest absolute Gasteiger partial charge is 0.465 e. The molecule has 2 aromatic heterocycles. The van der Waals surface area contributed by atoms with Crippen LogP contribution in [0, 0.1) is 0 Å². The van der Waals surface area contributed by atoms with Crippen molar-refractivity contribution in [1.29, 1.82) is 0 Å². The Hall–Kier alpha value is -3.34. The van der Waals surface area contributed by atoms with Gasteiger partial charge in [0.15, 0.2) is 0 Å². The lowest BCUT2D eigenvalue weighted by molar-refractivity contribution is 0.0330. The first-order chi connectivity index (χ1) is 16.6. The minimum absolute atomic E-state index is 0.252. The van der Waals surface area contributed by atoms with Crippen LogP contribution in [0.5, 0.6) is 0 Å². The summed E-state index contributed by atoms with van der Waals surface area (Å²) in [5.41, 5.74) is 1.42. The molecule has 2 aromatic carbocycles. The van der Waals surface area contributed by atoms with Crippen LogP contribution in [0.2, 0.25) is 0 Å². The number of aromatic nitrogens is 4. The first-order valence-electron chi connectivity index (χ1n) is 10.9. The summed E-state index contributed by atoms with van der Waals surface area (Å²) in [6, 6.07) is 12.6. The van der Waals surface area contributed by atoms with Gasteiger partial charge in [-0.3, -0.25) is 9.69 Å². The van der Waals surface area contributed by atoms with Gasteiger partial charge in [0.1, 0.15) is 16.7 Å². The molecule has 4 aromatic rings. The molecule has 0 aliphatic carbocycles. The van der Waals surface area contributed by atoms with Gasteiger partial charge in [-0.15, -0.1) is 0 Å². The van der Waals surface area contributed by atoms with E-state index in [0.29, 0.717) is 47.8 Å². The number of esters is 1. The maximum atomic E-state index is 12.6. The summed E-state index contributed by atoms with van der Waals surface area (Å²) in [5, 5.41) is 2.20. The normalized spacial score (nSPS) is 14.5. The number of hydrogen-bond acceptors (Lipinski definition) is 9. The number of carbonyl (C=O) groups excluding carboxylic acids is 1. The molecular formula is C24H23N5O4S. The second-order valence-corrected chi connectivity index (χ2v) is 8.84. The first-order valence-corrected chi connectivity index (χ1v) is 11.9. The van der Waals surface area contributed by atoms with E-state index in [4.69, 9.17) is 19.4 Å². The fourth-order valence-electron chi connectivity index (χ4n) is 3.87. The van der Waals surface area contributed by atoms with Crippen molar-refractivity contribution >= 4 is 39.5 Å². The summed E-state index contributed by atoms with van der Waals surface area (Å²) in [6.45, 7) is 3.80. The van der Waals surface area contributed by atoms with Gasteiger partial charge >= 0.3 is 5.97 Å². The quantitative estimate of drug-likeness (QED) is 0.255. The second-order valence-electron chi connectivity index (χ2n) is 7.88. The Morgan fingerprint density at radius 1 is 1.09 bits per heavy atom. The zero-order valence-electron chi connectivity index (χ0n) is 18.6. The molecule has 0 saturated carbocycles. The predicted octanol–water partition coefficient (Wildman–Crippen LogP) is 2.78. The summed E-state index contributed by atoms with van der Waals surface area (Å²) >= 11 is 1.49. The lowest BCUT2D eigenvalue weighted by atomic mass is 10.1. The van der Waals surface area contributed by atoms with Crippen molar-refractivity contribution in [3.8, 4) is 0 Å². The van der Waals surface area contributed by atoms with Crippen molar-refractivity contribution in [2.75, 3.05) is 33.4 Å². The molecule has 1 fully saturated rings. The highest BCUT2D eigenvalue weighted by Crippen LogP contribution is 2.28. The van der Waals surface area contributed by atoms with Gasteiger partial charge in [-0.2, -0.15) is 0 Å². The Morgan fingerprint density at radius 2 is 1.91 bits per heavy atom. The number of hydrogen-bond donors (Lipinski definition) is 1. The van der Waals surface area contributed by atoms with Gasteiger partial charge in [0.05, 0.1) is 54.6 Å². The van der Waals surface area contributed by atoms with Crippen LogP contribution in [-0.2, 0) is 21.8 Å². The average Bonchev–Trinajstić information content (AvgIpc) is 2.87. The summed E-state index contributed by atoms with van der Waals surface area (Å²) in [5.74, 6) is 1.19. The maximum Gasteiger partial charge on any atom is 0.337 e. The Balaban J connectivity index is 1.43. The van der Waals surface area contributed by atoms with Crippen LogP contribution in [0.3, 0.4) is 0 Å². The number of aromatic amines is 1. The fraction of sp³-hybridized carbons (Fsp3) is 0.292. The van der Waals surface area contributed by atoms with E-state index in [1.54, 1.807) is 18.2 Å². The van der Waals surface area contributed by atoms with E-state index >= 15 is 0 Å². The summed E-state index contributed by atoms with van der Waals surface area (Å²) in [6.07, 6.45) is 0. The van der Waals surface area contributed by atoms with E-state index in [9.17, 15) is 9.59 Å².